The first kappa shape index (κ1) is 18.7. The topological polar surface area (TPSA) is 78.9 Å². The molecule has 0 unspecified atom stereocenters. The van der Waals surface area contributed by atoms with Gasteiger partial charge in [-0.15, -0.1) is 0 Å². The average Bonchev–Trinajstić information content (AvgIpc) is 3.02. The lowest BCUT2D eigenvalue weighted by Gasteiger charge is -2.35. The van der Waals surface area contributed by atoms with Crippen molar-refractivity contribution in [1.29, 1.82) is 0 Å². The lowest BCUT2D eigenvalue weighted by atomic mass is 9.77. The van der Waals surface area contributed by atoms with E-state index < -0.39 is 6.10 Å². The number of nitrogens with zero attached hydrogens (tertiary/aromatic N) is 1. The van der Waals surface area contributed by atoms with Crippen LogP contribution >= 0.6 is 0 Å². The molecule has 3 rings (SSSR count). The fourth-order valence-electron chi connectivity index (χ4n) is 4.29. The Kier molecular flexibility index (Phi) is 5.81. The van der Waals surface area contributed by atoms with Crippen molar-refractivity contribution in [2.75, 3.05) is 20.2 Å². The van der Waals surface area contributed by atoms with Crippen molar-refractivity contribution in [2.24, 2.45) is 11.8 Å². The molecule has 2 N–H and O–H groups in total. The summed E-state index contributed by atoms with van der Waals surface area (Å²) < 4.78 is 5.22. The third-order valence-electron chi connectivity index (χ3n) is 5.64. The molecule has 0 radical (unpaired) electrons. The molecule has 1 aromatic carbocycles. The molecule has 1 aromatic rings. The van der Waals surface area contributed by atoms with Crippen molar-refractivity contribution < 1.29 is 19.4 Å². The number of aryl methyl sites for hydroxylation is 1. The predicted molar refractivity (Wildman–Crippen MR) is 97.7 cm³/mol. The summed E-state index contributed by atoms with van der Waals surface area (Å²) in [5.41, 5.74) is 1.09. The van der Waals surface area contributed by atoms with E-state index in [1.165, 1.54) is 6.92 Å². The standard InChI is InChI=1S/C20H28N2O4/c1-13(23)21-18-9-15-11-22(12-16(15)10-19(18)24)20(25)7-6-14-4-3-5-17(8-14)26-2/h3-5,8,15-16,18-19,24H,6-7,9-12H2,1-2H3,(H,21,23)/t15-,16+,18-,19-/m1/s1. The number of ether oxygens (including phenoxy) is 1. The van der Waals surface area contributed by atoms with Crippen molar-refractivity contribution in [2.45, 2.75) is 44.8 Å². The Morgan fingerprint density at radius 2 is 2.00 bits per heavy atom. The van der Waals surface area contributed by atoms with Crippen LogP contribution in [0.3, 0.4) is 0 Å². The summed E-state index contributed by atoms with van der Waals surface area (Å²) in [5, 5.41) is 13.1. The maximum Gasteiger partial charge on any atom is 0.222 e. The molecule has 0 spiro atoms. The summed E-state index contributed by atoms with van der Waals surface area (Å²) in [6.45, 7) is 2.91. The van der Waals surface area contributed by atoms with Crippen LogP contribution in [0.2, 0.25) is 0 Å². The zero-order chi connectivity index (χ0) is 18.7. The highest BCUT2D eigenvalue weighted by atomic mass is 16.5. The Morgan fingerprint density at radius 1 is 1.27 bits per heavy atom. The van der Waals surface area contributed by atoms with Crippen molar-refractivity contribution in [3.8, 4) is 5.75 Å². The van der Waals surface area contributed by atoms with Gasteiger partial charge in [0.2, 0.25) is 11.8 Å². The van der Waals surface area contributed by atoms with Gasteiger partial charge in [0.25, 0.3) is 0 Å². The molecule has 1 saturated heterocycles. The number of aliphatic hydroxyl groups is 1. The number of aliphatic hydroxyl groups excluding tert-OH is 1. The molecule has 2 fully saturated rings. The minimum atomic E-state index is -0.521. The molecule has 0 aromatic heterocycles. The largest absolute Gasteiger partial charge is 0.497 e. The number of methoxy groups -OCH3 is 1. The Balaban J connectivity index is 1.53. The Morgan fingerprint density at radius 3 is 2.69 bits per heavy atom. The van der Waals surface area contributed by atoms with Crippen LogP contribution in [0.1, 0.15) is 31.7 Å². The maximum atomic E-state index is 12.6. The fraction of sp³-hybridized carbons (Fsp3) is 0.600. The van der Waals surface area contributed by atoms with Crippen LogP contribution in [-0.2, 0) is 16.0 Å². The van der Waals surface area contributed by atoms with E-state index >= 15 is 0 Å². The van der Waals surface area contributed by atoms with E-state index in [4.69, 9.17) is 4.74 Å². The Bertz CT molecular complexity index is 663. The van der Waals surface area contributed by atoms with E-state index in [0.717, 1.165) is 24.3 Å². The van der Waals surface area contributed by atoms with Gasteiger partial charge in [-0.2, -0.15) is 0 Å². The third kappa shape index (κ3) is 4.36. The number of likely N-dealkylation sites (tertiary alicyclic amines) is 1. The van der Waals surface area contributed by atoms with E-state index in [-0.39, 0.29) is 17.9 Å². The van der Waals surface area contributed by atoms with Gasteiger partial charge in [-0.3, -0.25) is 9.59 Å². The first-order valence-corrected chi connectivity index (χ1v) is 9.32. The normalized spacial score (nSPS) is 27.7. The highest BCUT2D eigenvalue weighted by Crippen LogP contribution is 2.36. The predicted octanol–water partition coefficient (Wildman–Crippen LogP) is 1.36. The molecular formula is C20H28N2O4. The number of benzene rings is 1. The average molecular weight is 360 g/mol. The molecule has 1 aliphatic carbocycles. The van der Waals surface area contributed by atoms with Gasteiger partial charge in [-0.05, 0) is 48.8 Å². The highest BCUT2D eigenvalue weighted by Gasteiger charge is 2.42. The van der Waals surface area contributed by atoms with Crippen LogP contribution in [0.15, 0.2) is 24.3 Å². The molecule has 6 heteroatoms. The summed E-state index contributed by atoms with van der Waals surface area (Å²) in [6, 6.07) is 7.61. The Hall–Kier alpha value is -2.08. The lowest BCUT2D eigenvalue weighted by Crippen LogP contribution is -2.48. The third-order valence-corrected chi connectivity index (χ3v) is 5.64. The molecule has 2 aliphatic rings. The second-order valence-electron chi connectivity index (χ2n) is 7.52. The van der Waals surface area contributed by atoms with Crippen molar-refractivity contribution in [3.63, 3.8) is 0 Å². The first-order valence-electron chi connectivity index (χ1n) is 9.32. The van der Waals surface area contributed by atoms with E-state index in [1.54, 1.807) is 7.11 Å². The van der Waals surface area contributed by atoms with Crippen LogP contribution in [-0.4, -0.2) is 54.2 Å². The molecule has 4 atom stereocenters. The second kappa shape index (κ2) is 8.08. The minimum absolute atomic E-state index is 0.114. The van der Waals surface area contributed by atoms with Crippen LogP contribution in [0, 0.1) is 11.8 Å². The second-order valence-corrected chi connectivity index (χ2v) is 7.52. The summed E-state index contributed by atoms with van der Waals surface area (Å²) >= 11 is 0. The van der Waals surface area contributed by atoms with E-state index in [9.17, 15) is 14.7 Å². The number of nitrogens with one attached hydrogen (secondary N) is 1. The van der Waals surface area contributed by atoms with Crippen molar-refractivity contribution >= 4 is 11.8 Å². The summed E-state index contributed by atoms with van der Waals surface area (Å²) in [4.78, 5) is 25.8. The molecule has 1 aliphatic heterocycles. The molecule has 0 bridgehead atoms. The quantitative estimate of drug-likeness (QED) is 0.831. The maximum absolute atomic E-state index is 12.6. The summed E-state index contributed by atoms with van der Waals surface area (Å²) in [6.07, 6.45) is 2.04. The highest BCUT2D eigenvalue weighted by molar-refractivity contribution is 5.77. The van der Waals surface area contributed by atoms with E-state index in [0.29, 0.717) is 37.6 Å². The molecule has 1 saturated carbocycles. The molecule has 6 nitrogen and oxygen atoms in total. The van der Waals surface area contributed by atoms with Gasteiger partial charge < -0.3 is 20.1 Å². The van der Waals surface area contributed by atoms with Gasteiger partial charge in [0.15, 0.2) is 0 Å². The van der Waals surface area contributed by atoms with Gasteiger partial charge in [0.1, 0.15) is 5.75 Å². The first-order chi connectivity index (χ1) is 12.5. The lowest BCUT2D eigenvalue weighted by molar-refractivity contribution is -0.130. The van der Waals surface area contributed by atoms with Crippen molar-refractivity contribution in [3.05, 3.63) is 29.8 Å². The summed E-state index contributed by atoms with van der Waals surface area (Å²) in [5.74, 6) is 1.54. The summed E-state index contributed by atoms with van der Waals surface area (Å²) in [7, 11) is 1.64. The zero-order valence-electron chi connectivity index (χ0n) is 15.5. The number of hydrogen-bond acceptors (Lipinski definition) is 4. The molecule has 1 heterocycles. The molecule has 142 valence electrons. The van der Waals surface area contributed by atoms with Gasteiger partial charge in [0.05, 0.1) is 19.3 Å². The van der Waals surface area contributed by atoms with Gasteiger partial charge >= 0.3 is 0 Å². The zero-order valence-corrected chi connectivity index (χ0v) is 15.5. The smallest absolute Gasteiger partial charge is 0.222 e. The number of hydrogen-bond donors (Lipinski definition) is 2. The number of fused-ring (bicyclic) bond motifs is 1. The van der Waals surface area contributed by atoms with Crippen LogP contribution in [0.5, 0.6) is 5.75 Å². The van der Waals surface area contributed by atoms with Gasteiger partial charge in [0, 0.05) is 26.4 Å². The SMILES string of the molecule is COc1cccc(CCC(=O)N2C[C@H]3C[C@@H](NC(C)=O)[C@H](O)C[C@H]3C2)c1. The monoisotopic (exact) mass is 360 g/mol. The van der Waals surface area contributed by atoms with E-state index in [2.05, 4.69) is 5.32 Å². The van der Waals surface area contributed by atoms with Gasteiger partial charge in [-0.1, -0.05) is 12.1 Å². The van der Waals surface area contributed by atoms with Crippen LogP contribution in [0.4, 0.5) is 0 Å². The minimum Gasteiger partial charge on any atom is -0.497 e. The number of carbonyl (C=O) groups is 2. The number of carbonyl (C=O) groups excluding carboxylic acids is 2. The number of amides is 2. The fourth-order valence-corrected chi connectivity index (χ4v) is 4.29. The van der Waals surface area contributed by atoms with Crippen LogP contribution < -0.4 is 10.1 Å². The molecule has 2 amide bonds. The Labute approximate surface area is 154 Å². The van der Waals surface area contributed by atoms with Crippen molar-refractivity contribution in [1.82, 2.24) is 10.2 Å². The molecule has 26 heavy (non-hydrogen) atoms. The van der Waals surface area contributed by atoms with Gasteiger partial charge in [-0.25, -0.2) is 0 Å². The molecular weight excluding hydrogens is 332 g/mol. The van der Waals surface area contributed by atoms with Crippen LogP contribution in [0.25, 0.3) is 0 Å². The number of rotatable bonds is 5. The van der Waals surface area contributed by atoms with E-state index in [1.807, 2.05) is 29.2 Å².